The highest BCUT2D eigenvalue weighted by Crippen LogP contribution is 2.10. The van der Waals surface area contributed by atoms with Crippen molar-refractivity contribution < 1.29 is 4.79 Å². The van der Waals surface area contributed by atoms with Gasteiger partial charge in [0.15, 0.2) is 6.29 Å². The molecule has 0 saturated heterocycles. The van der Waals surface area contributed by atoms with E-state index in [2.05, 4.69) is 10.2 Å². The summed E-state index contributed by atoms with van der Waals surface area (Å²) in [6, 6.07) is 0. The number of aromatic amines is 1. The molecule has 0 aliphatic carbocycles. The van der Waals surface area contributed by atoms with Gasteiger partial charge in [-0.25, -0.2) is 0 Å². The fourth-order valence-corrected chi connectivity index (χ4v) is 0.862. The van der Waals surface area contributed by atoms with Crippen molar-refractivity contribution in [2.75, 3.05) is 5.73 Å². The van der Waals surface area contributed by atoms with Crippen LogP contribution in [0.2, 0.25) is 0 Å². The van der Waals surface area contributed by atoms with Crippen LogP contribution in [0.1, 0.15) is 23.0 Å². The molecule has 1 rings (SSSR count). The number of nitrogens with zero attached hydrogens (tertiary/aromatic N) is 1. The van der Waals surface area contributed by atoms with Crippen molar-refractivity contribution in [3.63, 3.8) is 0 Å². The Morgan fingerprint density at radius 3 is 2.90 bits per heavy atom. The number of hydrogen-bond donors (Lipinski definition) is 2. The Balaban J connectivity index is 3.12. The number of aromatic nitrogens is 2. The number of carbonyl (C=O) groups is 1. The van der Waals surface area contributed by atoms with Gasteiger partial charge in [0.05, 0.1) is 0 Å². The Labute approximate surface area is 58.4 Å². The highest BCUT2D eigenvalue weighted by Gasteiger charge is 2.05. The summed E-state index contributed by atoms with van der Waals surface area (Å²) in [5, 5.41) is 6.21. The van der Waals surface area contributed by atoms with E-state index in [1.54, 1.807) is 0 Å². The number of nitrogens with one attached hydrogen (secondary N) is 1. The third-order valence-corrected chi connectivity index (χ3v) is 1.40. The molecular formula is C6H9N3O. The van der Waals surface area contributed by atoms with Crippen LogP contribution < -0.4 is 5.73 Å². The molecule has 0 aliphatic rings. The number of nitrogens with two attached hydrogens (primary N) is 1. The average Bonchev–Trinajstić information content (AvgIpc) is 2.30. The summed E-state index contributed by atoms with van der Waals surface area (Å²) >= 11 is 0. The van der Waals surface area contributed by atoms with Crippen LogP contribution in [0, 0.1) is 0 Å². The summed E-state index contributed by atoms with van der Waals surface area (Å²) in [6.07, 6.45) is 1.46. The molecule has 0 unspecified atom stereocenters. The van der Waals surface area contributed by atoms with E-state index in [1.807, 2.05) is 6.92 Å². The van der Waals surface area contributed by atoms with Gasteiger partial charge in [-0.2, -0.15) is 5.10 Å². The van der Waals surface area contributed by atoms with E-state index in [0.29, 0.717) is 11.5 Å². The standard InChI is InChI=1S/C6H9N3O/c1-2-4-5(3-10)8-9-6(4)7/h3H,2H2,1H3,(H3,7,8,9). The molecule has 0 fully saturated rings. The van der Waals surface area contributed by atoms with Gasteiger partial charge < -0.3 is 5.73 Å². The second kappa shape index (κ2) is 2.51. The molecule has 0 bridgehead atoms. The molecule has 0 spiro atoms. The zero-order chi connectivity index (χ0) is 7.56. The number of anilines is 1. The molecule has 4 heteroatoms. The second-order valence-corrected chi connectivity index (χ2v) is 1.97. The van der Waals surface area contributed by atoms with Crippen LogP contribution in [-0.4, -0.2) is 16.5 Å². The topological polar surface area (TPSA) is 71.8 Å². The number of aldehydes is 1. The summed E-state index contributed by atoms with van der Waals surface area (Å²) in [5.41, 5.74) is 6.71. The lowest BCUT2D eigenvalue weighted by atomic mass is 10.2. The number of hydrogen-bond acceptors (Lipinski definition) is 3. The Kier molecular flexibility index (Phi) is 1.71. The Hall–Kier alpha value is -1.32. The van der Waals surface area contributed by atoms with E-state index in [9.17, 15) is 4.79 Å². The van der Waals surface area contributed by atoms with Crippen molar-refractivity contribution in [3.8, 4) is 0 Å². The van der Waals surface area contributed by atoms with Crippen LogP contribution in [0.3, 0.4) is 0 Å². The van der Waals surface area contributed by atoms with Crippen LogP contribution in [0.15, 0.2) is 0 Å². The number of rotatable bonds is 2. The minimum absolute atomic E-state index is 0.421. The van der Waals surface area contributed by atoms with E-state index in [4.69, 9.17) is 5.73 Å². The summed E-state index contributed by atoms with van der Waals surface area (Å²) in [4.78, 5) is 10.3. The van der Waals surface area contributed by atoms with Crippen LogP contribution >= 0.6 is 0 Å². The van der Waals surface area contributed by atoms with Gasteiger partial charge in [-0.1, -0.05) is 6.92 Å². The first kappa shape index (κ1) is 6.80. The fourth-order valence-electron chi connectivity index (χ4n) is 0.862. The van der Waals surface area contributed by atoms with E-state index in [-0.39, 0.29) is 0 Å². The molecule has 0 radical (unpaired) electrons. The molecule has 1 heterocycles. The molecule has 10 heavy (non-hydrogen) atoms. The first-order valence-electron chi connectivity index (χ1n) is 3.07. The van der Waals surface area contributed by atoms with Crippen LogP contribution in [-0.2, 0) is 6.42 Å². The second-order valence-electron chi connectivity index (χ2n) is 1.97. The van der Waals surface area contributed by atoms with Crippen molar-refractivity contribution in [2.45, 2.75) is 13.3 Å². The summed E-state index contributed by atoms with van der Waals surface area (Å²) in [6.45, 7) is 1.92. The summed E-state index contributed by atoms with van der Waals surface area (Å²) < 4.78 is 0. The smallest absolute Gasteiger partial charge is 0.168 e. The number of nitrogen functional groups attached to an aromatic ring is 1. The molecule has 1 aromatic heterocycles. The lowest BCUT2D eigenvalue weighted by Gasteiger charge is -1.90. The maximum atomic E-state index is 10.3. The number of carbonyl (C=O) groups excluding carboxylic acids is 1. The third-order valence-electron chi connectivity index (χ3n) is 1.40. The third kappa shape index (κ3) is 0.877. The Morgan fingerprint density at radius 1 is 1.80 bits per heavy atom. The fraction of sp³-hybridized carbons (Fsp3) is 0.333. The molecule has 54 valence electrons. The van der Waals surface area contributed by atoms with Gasteiger partial charge in [-0.15, -0.1) is 0 Å². The molecule has 0 saturated carbocycles. The van der Waals surface area contributed by atoms with Crippen molar-refractivity contribution in [3.05, 3.63) is 11.3 Å². The van der Waals surface area contributed by atoms with Gasteiger partial charge in [-0.05, 0) is 6.42 Å². The van der Waals surface area contributed by atoms with Gasteiger partial charge in [0.25, 0.3) is 0 Å². The normalized spacial score (nSPS) is 9.70. The minimum atomic E-state index is 0.421. The summed E-state index contributed by atoms with van der Waals surface area (Å²) in [7, 11) is 0. The zero-order valence-electron chi connectivity index (χ0n) is 5.72. The van der Waals surface area contributed by atoms with Gasteiger partial charge in [0, 0.05) is 5.56 Å². The SMILES string of the molecule is CCc1c(N)n[nH]c1C=O. The molecule has 0 aromatic carbocycles. The zero-order valence-corrected chi connectivity index (χ0v) is 5.72. The molecular weight excluding hydrogens is 130 g/mol. The van der Waals surface area contributed by atoms with Gasteiger partial charge >= 0.3 is 0 Å². The first-order valence-corrected chi connectivity index (χ1v) is 3.07. The van der Waals surface area contributed by atoms with Gasteiger partial charge in [0.1, 0.15) is 11.5 Å². The monoisotopic (exact) mass is 139 g/mol. The molecule has 0 aliphatic heterocycles. The molecule has 3 N–H and O–H groups in total. The summed E-state index contributed by atoms with van der Waals surface area (Å²) in [5.74, 6) is 0.421. The molecule has 0 amide bonds. The largest absolute Gasteiger partial charge is 0.382 e. The van der Waals surface area contributed by atoms with Crippen molar-refractivity contribution in [1.29, 1.82) is 0 Å². The van der Waals surface area contributed by atoms with Crippen molar-refractivity contribution >= 4 is 12.1 Å². The average molecular weight is 139 g/mol. The highest BCUT2D eigenvalue weighted by molar-refractivity contribution is 5.76. The van der Waals surface area contributed by atoms with E-state index < -0.39 is 0 Å². The lowest BCUT2D eigenvalue weighted by Crippen LogP contribution is -1.91. The van der Waals surface area contributed by atoms with E-state index in [1.165, 1.54) is 0 Å². The van der Waals surface area contributed by atoms with Crippen molar-refractivity contribution in [2.24, 2.45) is 0 Å². The lowest BCUT2D eigenvalue weighted by molar-refractivity contribution is 0.111. The Morgan fingerprint density at radius 2 is 2.50 bits per heavy atom. The highest BCUT2D eigenvalue weighted by atomic mass is 16.1. The Bertz CT molecular complexity index is 241. The maximum absolute atomic E-state index is 10.3. The van der Waals surface area contributed by atoms with E-state index >= 15 is 0 Å². The molecule has 1 aromatic rings. The quantitative estimate of drug-likeness (QED) is 0.581. The first-order chi connectivity index (χ1) is 4.79. The predicted molar refractivity (Wildman–Crippen MR) is 37.8 cm³/mol. The van der Waals surface area contributed by atoms with Crippen molar-refractivity contribution in [1.82, 2.24) is 10.2 Å². The minimum Gasteiger partial charge on any atom is -0.382 e. The maximum Gasteiger partial charge on any atom is 0.168 e. The molecule has 0 atom stereocenters. The van der Waals surface area contributed by atoms with E-state index in [0.717, 1.165) is 18.3 Å². The van der Waals surface area contributed by atoms with Gasteiger partial charge in [-0.3, -0.25) is 9.89 Å². The predicted octanol–water partition coefficient (Wildman–Crippen LogP) is 0.367. The number of H-pyrrole nitrogens is 1. The van der Waals surface area contributed by atoms with Crippen LogP contribution in [0.25, 0.3) is 0 Å². The van der Waals surface area contributed by atoms with Crippen LogP contribution in [0.4, 0.5) is 5.82 Å². The van der Waals surface area contributed by atoms with Crippen LogP contribution in [0.5, 0.6) is 0 Å². The molecule has 4 nitrogen and oxygen atoms in total. The van der Waals surface area contributed by atoms with Gasteiger partial charge in [0.2, 0.25) is 0 Å².